The van der Waals surface area contributed by atoms with Crippen LogP contribution >= 0.6 is 27.3 Å². The fourth-order valence-corrected chi connectivity index (χ4v) is 3.12. The van der Waals surface area contributed by atoms with Gasteiger partial charge in [0.05, 0.1) is 0 Å². The molecule has 0 saturated heterocycles. The van der Waals surface area contributed by atoms with Crippen molar-refractivity contribution >= 4 is 27.3 Å². The molecular weight excluding hydrogens is 274 g/mol. The number of ether oxygens (including phenoxy) is 1. The van der Waals surface area contributed by atoms with E-state index in [-0.39, 0.29) is 0 Å². The van der Waals surface area contributed by atoms with Crippen LogP contribution in [0.4, 0.5) is 0 Å². The van der Waals surface area contributed by atoms with Gasteiger partial charge in [0.25, 0.3) is 0 Å². The SMILES string of the molecule is CCNC(CCOC)Cc1sccc1Br. The van der Waals surface area contributed by atoms with Gasteiger partial charge in [-0.05, 0) is 46.8 Å². The summed E-state index contributed by atoms with van der Waals surface area (Å²) < 4.78 is 6.35. The summed E-state index contributed by atoms with van der Waals surface area (Å²) in [4.78, 5) is 1.41. The lowest BCUT2D eigenvalue weighted by atomic mass is 10.1. The van der Waals surface area contributed by atoms with Gasteiger partial charge in [-0.25, -0.2) is 0 Å². The van der Waals surface area contributed by atoms with E-state index < -0.39 is 0 Å². The molecular formula is C11H18BrNOS. The van der Waals surface area contributed by atoms with Crippen molar-refractivity contribution < 1.29 is 4.74 Å². The second kappa shape index (κ2) is 7.39. The number of halogens is 1. The van der Waals surface area contributed by atoms with Crippen LogP contribution in [0.25, 0.3) is 0 Å². The summed E-state index contributed by atoms with van der Waals surface area (Å²) in [6, 6.07) is 2.63. The molecule has 0 saturated carbocycles. The molecule has 0 radical (unpaired) electrons. The van der Waals surface area contributed by atoms with Gasteiger partial charge in [-0.3, -0.25) is 0 Å². The first-order valence-corrected chi connectivity index (χ1v) is 6.89. The molecule has 0 aliphatic carbocycles. The zero-order valence-corrected chi connectivity index (χ0v) is 11.7. The summed E-state index contributed by atoms with van der Waals surface area (Å²) in [7, 11) is 1.75. The largest absolute Gasteiger partial charge is 0.385 e. The van der Waals surface area contributed by atoms with Gasteiger partial charge in [-0.1, -0.05) is 6.92 Å². The van der Waals surface area contributed by atoms with E-state index in [4.69, 9.17) is 4.74 Å². The highest BCUT2D eigenvalue weighted by Crippen LogP contribution is 2.24. The molecule has 15 heavy (non-hydrogen) atoms. The normalized spacial score (nSPS) is 13.0. The highest BCUT2D eigenvalue weighted by Gasteiger charge is 2.11. The van der Waals surface area contributed by atoms with Crippen LogP contribution in [0.5, 0.6) is 0 Å². The number of hydrogen-bond acceptors (Lipinski definition) is 3. The molecule has 86 valence electrons. The lowest BCUT2D eigenvalue weighted by Crippen LogP contribution is -2.31. The predicted octanol–water partition coefficient (Wildman–Crippen LogP) is 3.07. The minimum atomic E-state index is 0.518. The third-order valence-electron chi connectivity index (χ3n) is 2.29. The Labute approximate surface area is 104 Å². The second-order valence-electron chi connectivity index (χ2n) is 3.43. The van der Waals surface area contributed by atoms with Gasteiger partial charge < -0.3 is 10.1 Å². The molecule has 1 rings (SSSR count). The molecule has 1 N–H and O–H groups in total. The molecule has 1 heterocycles. The zero-order valence-electron chi connectivity index (χ0n) is 9.25. The van der Waals surface area contributed by atoms with Crippen LogP contribution in [0.15, 0.2) is 15.9 Å². The first-order chi connectivity index (χ1) is 7.27. The van der Waals surface area contributed by atoms with Crippen molar-refractivity contribution in [1.29, 1.82) is 0 Å². The number of likely N-dealkylation sites (N-methyl/N-ethyl adjacent to an activating group) is 1. The van der Waals surface area contributed by atoms with Crippen LogP contribution in [0.3, 0.4) is 0 Å². The number of hydrogen-bond donors (Lipinski definition) is 1. The summed E-state index contributed by atoms with van der Waals surface area (Å²) in [6.45, 7) is 3.97. The fourth-order valence-electron chi connectivity index (χ4n) is 1.52. The molecule has 1 unspecified atom stereocenters. The van der Waals surface area contributed by atoms with Crippen molar-refractivity contribution in [3.63, 3.8) is 0 Å². The minimum Gasteiger partial charge on any atom is -0.385 e. The molecule has 1 atom stereocenters. The van der Waals surface area contributed by atoms with E-state index in [2.05, 4.69) is 39.6 Å². The maximum atomic E-state index is 5.12. The lowest BCUT2D eigenvalue weighted by molar-refractivity contribution is 0.183. The summed E-state index contributed by atoms with van der Waals surface area (Å²) in [6.07, 6.45) is 2.14. The first-order valence-electron chi connectivity index (χ1n) is 5.22. The van der Waals surface area contributed by atoms with Crippen LogP contribution < -0.4 is 5.32 Å². The highest BCUT2D eigenvalue weighted by molar-refractivity contribution is 9.10. The Morgan fingerprint density at radius 3 is 2.93 bits per heavy atom. The third-order valence-corrected chi connectivity index (χ3v) is 4.23. The molecule has 0 aromatic carbocycles. The predicted molar refractivity (Wildman–Crippen MR) is 69.7 cm³/mol. The first kappa shape index (κ1) is 13.2. The van der Waals surface area contributed by atoms with Gasteiger partial charge in [0, 0.05) is 29.1 Å². The quantitative estimate of drug-likeness (QED) is 0.834. The standard InChI is InChI=1S/C11H18BrNOS/c1-3-13-9(4-6-14-2)8-11-10(12)5-7-15-11/h5,7,9,13H,3-4,6,8H2,1-2H3. The zero-order chi connectivity index (χ0) is 11.1. The minimum absolute atomic E-state index is 0.518. The summed E-state index contributed by atoms with van der Waals surface area (Å²) in [5, 5.41) is 5.61. The Bertz CT molecular complexity index is 277. The monoisotopic (exact) mass is 291 g/mol. The van der Waals surface area contributed by atoms with Crippen LogP contribution in [0, 0.1) is 0 Å². The molecule has 0 amide bonds. The van der Waals surface area contributed by atoms with E-state index in [1.807, 2.05) is 11.3 Å². The topological polar surface area (TPSA) is 21.3 Å². The Balaban J connectivity index is 2.46. The Morgan fingerprint density at radius 2 is 2.40 bits per heavy atom. The lowest BCUT2D eigenvalue weighted by Gasteiger charge is -2.16. The third kappa shape index (κ3) is 4.64. The van der Waals surface area contributed by atoms with Crippen molar-refractivity contribution in [2.45, 2.75) is 25.8 Å². The van der Waals surface area contributed by atoms with Gasteiger partial charge in [-0.15, -0.1) is 11.3 Å². The molecule has 0 bridgehead atoms. The van der Waals surface area contributed by atoms with Gasteiger partial charge in [-0.2, -0.15) is 0 Å². The smallest absolute Gasteiger partial charge is 0.0477 e. The number of methoxy groups -OCH3 is 1. The number of rotatable bonds is 7. The van der Waals surface area contributed by atoms with Gasteiger partial charge in [0.15, 0.2) is 0 Å². The molecule has 0 aliphatic heterocycles. The molecule has 0 fully saturated rings. The van der Waals surface area contributed by atoms with E-state index in [0.29, 0.717) is 6.04 Å². The highest BCUT2D eigenvalue weighted by atomic mass is 79.9. The van der Waals surface area contributed by atoms with Crippen LogP contribution in [-0.4, -0.2) is 26.3 Å². The van der Waals surface area contributed by atoms with Crippen molar-refractivity contribution in [2.75, 3.05) is 20.3 Å². The Hall–Kier alpha value is 0.100. The molecule has 0 spiro atoms. The van der Waals surface area contributed by atoms with E-state index in [9.17, 15) is 0 Å². The fraction of sp³-hybridized carbons (Fsp3) is 0.636. The van der Waals surface area contributed by atoms with E-state index in [1.54, 1.807) is 7.11 Å². The van der Waals surface area contributed by atoms with Crippen LogP contribution in [0.2, 0.25) is 0 Å². The summed E-state index contributed by atoms with van der Waals surface area (Å²) >= 11 is 5.37. The molecule has 2 nitrogen and oxygen atoms in total. The van der Waals surface area contributed by atoms with Gasteiger partial charge in [0.2, 0.25) is 0 Å². The molecule has 1 aromatic heterocycles. The van der Waals surface area contributed by atoms with Crippen LogP contribution in [0.1, 0.15) is 18.2 Å². The average Bonchev–Trinajstić information content (AvgIpc) is 2.61. The van der Waals surface area contributed by atoms with E-state index in [1.165, 1.54) is 9.35 Å². The summed E-state index contributed by atoms with van der Waals surface area (Å²) in [5.41, 5.74) is 0. The average molecular weight is 292 g/mol. The molecule has 4 heteroatoms. The number of thiophene rings is 1. The van der Waals surface area contributed by atoms with E-state index >= 15 is 0 Å². The second-order valence-corrected chi connectivity index (χ2v) is 5.29. The molecule has 0 aliphatic rings. The van der Waals surface area contributed by atoms with Gasteiger partial charge >= 0.3 is 0 Å². The Kier molecular flexibility index (Phi) is 6.48. The van der Waals surface area contributed by atoms with Gasteiger partial charge in [0.1, 0.15) is 0 Å². The van der Waals surface area contributed by atoms with Crippen molar-refractivity contribution in [3.8, 4) is 0 Å². The maximum absolute atomic E-state index is 5.12. The summed E-state index contributed by atoms with van der Waals surface area (Å²) in [5.74, 6) is 0. The van der Waals surface area contributed by atoms with Crippen LogP contribution in [-0.2, 0) is 11.2 Å². The van der Waals surface area contributed by atoms with Crippen molar-refractivity contribution in [3.05, 3.63) is 20.8 Å². The molecule has 1 aromatic rings. The van der Waals surface area contributed by atoms with Crippen molar-refractivity contribution in [2.24, 2.45) is 0 Å². The number of nitrogens with one attached hydrogen (secondary N) is 1. The Morgan fingerprint density at radius 1 is 1.60 bits per heavy atom. The van der Waals surface area contributed by atoms with Crippen molar-refractivity contribution in [1.82, 2.24) is 5.32 Å². The maximum Gasteiger partial charge on any atom is 0.0477 e. The van der Waals surface area contributed by atoms with E-state index in [0.717, 1.165) is 26.0 Å².